The van der Waals surface area contributed by atoms with E-state index in [0.29, 0.717) is 17.4 Å². The minimum atomic E-state index is -0.302. The number of rotatable bonds is 5. The molecule has 0 spiro atoms. The zero-order chi connectivity index (χ0) is 17.6. The van der Waals surface area contributed by atoms with Gasteiger partial charge in [0.1, 0.15) is 5.75 Å². The van der Waals surface area contributed by atoms with Gasteiger partial charge in [-0.2, -0.15) is 0 Å². The molecule has 2 saturated heterocycles. The van der Waals surface area contributed by atoms with Gasteiger partial charge in [0, 0.05) is 32.2 Å². The second kappa shape index (κ2) is 13.4. The minimum Gasteiger partial charge on any atom is -0.425 e. The predicted molar refractivity (Wildman–Crippen MR) is 118 cm³/mol. The number of Topliss-reactive ketones (excluding diaryl/α,β-unsaturated/α-hetero) is 1. The third kappa shape index (κ3) is 7.50. The van der Waals surface area contributed by atoms with Crippen LogP contribution in [-0.2, 0) is 4.79 Å². The maximum Gasteiger partial charge on any atom is 0.325 e. The maximum absolute atomic E-state index is 12.2. The van der Waals surface area contributed by atoms with Crippen molar-refractivity contribution in [2.24, 2.45) is 0 Å². The van der Waals surface area contributed by atoms with E-state index in [-0.39, 0.29) is 55.5 Å². The number of hydrogen-bond acceptors (Lipinski definition) is 6. The molecule has 160 valence electrons. The van der Waals surface area contributed by atoms with Gasteiger partial charge in [-0.3, -0.25) is 19.4 Å². The molecule has 3 rings (SSSR count). The van der Waals surface area contributed by atoms with E-state index in [1.165, 1.54) is 19.8 Å². The third-order valence-corrected chi connectivity index (χ3v) is 5.07. The van der Waals surface area contributed by atoms with Crippen molar-refractivity contribution in [2.75, 3.05) is 45.8 Å². The van der Waals surface area contributed by atoms with Crippen LogP contribution in [0.25, 0.3) is 0 Å². The second-order valence-electron chi connectivity index (χ2n) is 6.82. The number of ether oxygens (including phenoxy) is 1. The molecule has 2 aliphatic heterocycles. The Balaban J connectivity index is 0.00000243. The fourth-order valence-corrected chi connectivity index (χ4v) is 3.64. The number of ketones is 1. The lowest BCUT2D eigenvalue weighted by atomic mass is 10.0. The van der Waals surface area contributed by atoms with Crippen molar-refractivity contribution < 1.29 is 14.3 Å². The number of nitrogens with one attached hydrogen (secondary N) is 1. The van der Waals surface area contributed by atoms with Crippen LogP contribution in [0.4, 0.5) is 0 Å². The Morgan fingerprint density at radius 1 is 1.04 bits per heavy atom. The van der Waals surface area contributed by atoms with Gasteiger partial charge in [-0.25, -0.2) is 0 Å². The number of esters is 1. The number of para-hydroxylation sites is 1. The topological polar surface area (TPSA) is 61.9 Å². The number of benzene rings is 1. The smallest absolute Gasteiger partial charge is 0.325 e. The zero-order valence-electron chi connectivity index (χ0n) is 16.1. The van der Waals surface area contributed by atoms with Crippen molar-refractivity contribution in [1.29, 1.82) is 0 Å². The molecule has 0 saturated carbocycles. The van der Waals surface area contributed by atoms with Crippen LogP contribution < -0.4 is 10.1 Å². The average molecular weight is 455 g/mol. The van der Waals surface area contributed by atoms with E-state index in [1.807, 2.05) is 0 Å². The van der Waals surface area contributed by atoms with Crippen molar-refractivity contribution in [3.05, 3.63) is 29.8 Å². The summed E-state index contributed by atoms with van der Waals surface area (Å²) in [4.78, 5) is 28.5. The first kappa shape index (κ1) is 27.1. The quantitative estimate of drug-likeness (QED) is 0.419. The molecule has 2 heterocycles. The lowest BCUT2D eigenvalue weighted by Crippen LogP contribution is -2.53. The molecule has 1 aromatic rings. The van der Waals surface area contributed by atoms with Crippen LogP contribution in [0.15, 0.2) is 24.3 Å². The molecule has 2 aliphatic rings. The molecule has 9 heteroatoms. The molecule has 0 amide bonds. The summed E-state index contributed by atoms with van der Waals surface area (Å²) in [6.07, 6.45) is 2.42. The molecule has 2 fully saturated rings. The highest BCUT2D eigenvalue weighted by molar-refractivity contribution is 5.97. The van der Waals surface area contributed by atoms with Gasteiger partial charge in [-0.1, -0.05) is 12.1 Å². The Kier molecular flexibility index (Phi) is 12.9. The molecule has 1 N–H and O–H groups in total. The van der Waals surface area contributed by atoms with E-state index in [4.69, 9.17) is 4.74 Å². The first-order chi connectivity index (χ1) is 12.1. The van der Waals surface area contributed by atoms with Gasteiger partial charge in [0.2, 0.25) is 0 Å². The van der Waals surface area contributed by atoms with E-state index in [1.54, 1.807) is 24.3 Å². The average Bonchev–Trinajstić information content (AvgIpc) is 2.63. The Hall–Kier alpha value is -0.890. The summed E-state index contributed by atoms with van der Waals surface area (Å²) in [5.74, 6) is -0.0451. The Morgan fingerprint density at radius 2 is 1.64 bits per heavy atom. The SMILES string of the molecule is CC(=O)c1ccccc1OC(=O)CN1CCN(C2CCNCC2)CC1.Cl.Cl.Cl. The summed E-state index contributed by atoms with van der Waals surface area (Å²) in [5, 5.41) is 3.40. The molecule has 28 heavy (non-hydrogen) atoms. The Morgan fingerprint density at radius 3 is 2.25 bits per heavy atom. The maximum atomic E-state index is 12.2. The van der Waals surface area contributed by atoms with Crippen LogP contribution in [0.3, 0.4) is 0 Å². The van der Waals surface area contributed by atoms with E-state index < -0.39 is 0 Å². The predicted octanol–water partition coefficient (Wildman–Crippen LogP) is 2.43. The minimum absolute atomic E-state index is 0. The van der Waals surface area contributed by atoms with Crippen molar-refractivity contribution in [3.63, 3.8) is 0 Å². The van der Waals surface area contributed by atoms with Crippen molar-refractivity contribution >= 4 is 49.0 Å². The molecule has 0 bridgehead atoms. The van der Waals surface area contributed by atoms with Gasteiger partial charge < -0.3 is 10.1 Å². The van der Waals surface area contributed by atoms with Crippen LogP contribution in [0.2, 0.25) is 0 Å². The van der Waals surface area contributed by atoms with Gasteiger partial charge >= 0.3 is 5.97 Å². The van der Waals surface area contributed by atoms with Gasteiger partial charge in [0.15, 0.2) is 5.78 Å². The highest BCUT2D eigenvalue weighted by Crippen LogP contribution is 2.19. The monoisotopic (exact) mass is 453 g/mol. The number of piperidine rings is 1. The normalized spacial score (nSPS) is 18.2. The van der Waals surface area contributed by atoms with Gasteiger partial charge in [0.25, 0.3) is 0 Å². The van der Waals surface area contributed by atoms with Gasteiger partial charge in [-0.15, -0.1) is 37.2 Å². The molecule has 6 nitrogen and oxygen atoms in total. The van der Waals surface area contributed by atoms with Gasteiger partial charge in [-0.05, 0) is 45.0 Å². The summed E-state index contributed by atoms with van der Waals surface area (Å²) < 4.78 is 5.43. The summed E-state index contributed by atoms with van der Waals surface area (Å²) >= 11 is 0. The van der Waals surface area contributed by atoms with Gasteiger partial charge in [0.05, 0.1) is 12.1 Å². The van der Waals surface area contributed by atoms with E-state index >= 15 is 0 Å². The molecule has 0 radical (unpaired) electrons. The van der Waals surface area contributed by atoms with E-state index in [9.17, 15) is 9.59 Å². The summed E-state index contributed by atoms with van der Waals surface area (Å²) in [7, 11) is 0. The van der Waals surface area contributed by atoms with Crippen LogP contribution in [0.5, 0.6) is 5.75 Å². The lowest BCUT2D eigenvalue weighted by molar-refractivity contribution is -0.136. The fourth-order valence-electron chi connectivity index (χ4n) is 3.64. The molecule has 0 aromatic heterocycles. The summed E-state index contributed by atoms with van der Waals surface area (Å²) in [6, 6.07) is 7.57. The van der Waals surface area contributed by atoms with Crippen LogP contribution >= 0.6 is 37.2 Å². The largest absolute Gasteiger partial charge is 0.425 e. The molecular formula is C19H30Cl3N3O3. The first-order valence-corrected chi connectivity index (χ1v) is 9.11. The molecule has 0 aliphatic carbocycles. The third-order valence-electron chi connectivity index (χ3n) is 5.07. The fraction of sp³-hybridized carbons (Fsp3) is 0.579. The second-order valence-corrected chi connectivity index (χ2v) is 6.82. The highest BCUT2D eigenvalue weighted by Gasteiger charge is 2.26. The van der Waals surface area contributed by atoms with Crippen molar-refractivity contribution in [3.8, 4) is 5.75 Å². The van der Waals surface area contributed by atoms with Crippen molar-refractivity contribution in [2.45, 2.75) is 25.8 Å². The zero-order valence-corrected chi connectivity index (χ0v) is 18.5. The number of halogens is 3. The van der Waals surface area contributed by atoms with Crippen LogP contribution in [0.1, 0.15) is 30.1 Å². The summed E-state index contributed by atoms with van der Waals surface area (Å²) in [6.45, 7) is 7.73. The number of piperazine rings is 1. The lowest BCUT2D eigenvalue weighted by Gasteiger charge is -2.40. The highest BCUT2D eigenvalue weighted by atomic mass is 35.5. The Labute approximate surface area is 185 Å². The van der Waals surface area contributed by atoms with E-state index in [2.05, 4.69) is 15.1 Å². The number of hydrogen-bond donors (Lipinski definition) is 1. The Bertz CT molecular complexity index is 619. The van der Waals surface area contributed by atoms with E-state index in [0.717, 1.165) is 39.3 Å². The molecule has 0 unspecified atom stereocenters. The van der Waals surface area contributed by atoms with Crippen LogP contribution in [0, 0.1) is 0 Å². The first-order valence-electron chi connectivity index (χ1n) is 9.11. The number of carbonyl (C=O) groups excluding carboxylic acids is 2. The summed E-state index contributed by atoms with van der Waals surface area (Å²) in [5.41, 5.74) is 0.451. The van der Waals surface area contributed by atoms with Crippen molar-refractivity contribution in [1.82, 2.24) is 15.1 Å². The number of nitrogens with zero attached hydrogens (tertiary/aromatic N) is 2. The molecule has 0 atom stereocenters. The standard InChI is InChI=1S/C19H27N3O3.3ClH/c1-15(23)17-4-2-3-5-18(17)25-19(24)14-21-10-12-22(13-11-21)16-6-8-20-9-7-16;;;/h2-5,16,20H,6-14H2,1H3;3*1H. The molecular weight excluding hydrogens is 425 g/mol. The molecule has 1 aromatic carbocycles. The van der Waals surface area contributed by atoms with Crippen LogP contribution in [-0.4, -0.2) is 73.4 Å². The number of carbonyl (C=O) groups is 2.